The van der Waals surface area contributed by atoms with Gasteiger partial charge in [-0.05, 0) is 31.7 Å². The van der Waals surface area contributed by atoms with Gasteiger partial charge in [-0.1, -0.05) is 73.0 Å². The fourth-order valence-electron chi connectivity index (χ4n) is 3.52. The molecule has 2 aromatic rings. The van der Waals surface area contributed by atoms with Gasteiger partial charge in [-0.25, -0.2) is 0 Å². The molecule has 0 aliphatic heterocycles. The van der Waals surface area contributed by atoms with E-state index in [1.807, 2.05) is 42.2 Å². The third-order valence-electron chi connectivity index (χ3n) is 5.02. The summed E-state index contributed by atoms with van der Waals surface area (Å²) in [4.78, 5) is 27.4. The van der Waals surface area contributed by atoms with Crippen LogP contribution in [0, 0.1) is 6.92 Å². The summed E-state index contributed by atoms with van der Waals surface area (Å²) in [7, 11) is 0. The van der Waals surface area contributed by atoms with E-state index in [2.05, 4.69) is 12.1 Å². The first-order chi connectivity index (χ1) is 12.1. The van der Waals surface area contributed by atoms with Crippen molar-refractivity contribution in [2.24, 2.45) is 0 Å². The van der Waals surface area contributed by atoms with E-state index in [1.54, 1.807) is 12.1 Å². The molecule has 0 unspecified atom stereocenters. The molecule has 1 amide bonds. The number of nitrogens with zero attached hydrogens (tertiary/aromatic N) is 1. The van der Waals surface area contributed by atoms with Crippen molar-refractivity contribution < 1.29 is 9.59 Å². The lowest BCUT2D eigenvalue weighted by Crippen LogP contribution is -2.44. The van der Waals surface area contributed by atoms with Gasteiger partial charge in [-0.3, -0.25) is 9.59 Å². The Hall–Kier alpha value is -2.42. The summed E-state index contributed by atoms with van der Waals surface area (Å²) < 4.78 is 0. The van der Waals surface area contributed by atoms with Crippen LogP contribution in [-0.2, 0) is 11.2 Å². The number of benzene rings is 2. The van der Waals surface area contributed by atoms with E-state index in [0.717, 1.165) is 37.7 Å². The Kier molecular flexibility index (Phi) is 5.64. The summed E-state index contributed by atoms with van der Waals surface area (Å²) in [5.41, 5.74) is 2.76. The van der Waals surface area contributed by atoms with E-state index in [-0.39, 0.29) is 17.7 Å². The molecule has 0 saturated heterocycles. The van der Waals surface area contributed by atoms with Gasteiger partial charge in [0, 0.05) is 18.2 Å². The second kappa shape index (κ2) is 8.11. The number of carbonyl (C=O) groups is 2. The van der Waals surface area contributed by atoms with Gasteiger partial charge in [-0.2, -0.15) is 0 Å². The number of hydrogen-bond acceptors (Lipinski definition) is 2. The minimum Gasteiger partial charge on any atom is -0.332 e. The number of amides is 1. The van der Waals surface area contributed by atoms with Crippen molar-refractivity contribution in [2.75, 3.05) is 6.54 Å². The Morgan fingerprint density at radius 2 is 1.60 bits per heavy atom. The first-order valence-electron chi connectivity index (χ1n) is 9.11. The Labute approximate surface area is 149 Å². The second-order valence-corrected chi connectivity index (χ2v) is 6.87. The highest BCUT2D eigenvalue weighted by Gasteiger charge is 2.30. The van der Waals surface area contributed by atoms with E-state index < -0.39 is 0 Å². The molecule has 1 fully saturated rings. The summed E-state index contributed by atoms with van der Waals surface area (Å²) >= 11 is 0. The Bertz CT molecular complexity index is 715. The molecule has 2 aromatic carbocycles. The van der Waals surface area contributed by atoms with Crippen LogP contribution in [0.1, 0.15) is 47.2 Å². The zero-order chi connectivity index (χ0) is 17.6. The van der Waals surface area contributed by atoms with Crippen LogP contribution >= 0.6 is 0 Å². The third kappa shape index (κ3) is 4.36. The lowest BCUT2D eigenvalue weighted by Gasteiger charge is -2.28. The molecule has 3 rings (SSSR count). The maximum atomic E-state index is 12.9. The van der Waals surface area contributed by atoms with Gasteiger partial charge in [0.25, 0.3) is 5.91 Å². The van der Waals surface area contributed by atoms with Crippen molar-refractivity contribution in [1.29, 1.82) is 0 Å². The van der Waals surface area contributed by atoms with Crippen molar-refractivity contribution in [2.45, 2.75) is 45.1 Å². The molecule has 0 N–H and O–H groups in total. The molecule has 0 spiro atoms. The molecule has 1 aliphatic rings. The van der Waals surface area contributed by atoms with Crippen molar-refractivity contribution in [3.8, 4) is 0 Å². The smallest absolute Gasteiger partial charge is 0.295 e. The highest BCUT2D eigenvalue weighted by atomic mass is 16.2. The lowest BCUT2D eigenvalue weighted by atomic mass is 10.1. The molecule has 1 aliphatic carbocycles. The summed E-state index contributed by atoms with van der Waals surface area (Å²) in [6.07, 6.45) is 5.06. The summed E-state index contributed by atoms with van der Waals surface area (Å²) in [6, 6.07) is 17.6. The fraction of sp³-hybridized carbons (Fsp3) is 0.364. The van der Waals surface area contributed by atoms with Gasteiger partial charge in [-0.15, -0.1) is 0 Å². The molecule has 0 heterocycles. The molecule has 1 saturated carbocycles. The molecular formula is C22H25NO2. The average molecular weight is 335 g/mol. The van der Waals surface area contributed by atoms with Crippen molar-refractivity contribution in [3.63, 3.8) is 0 Å². The average Bonchev–Trinajstić information content (AvgIpc) is 3.17. The maximum Gasteiger partial charge on any atom is 0.295 e. The van der Waals surface area contributed by atoms with Crippen LogP contribution in [0.25, 0.3) is 0 Å². The largest absolute Gasteiger partial charge is 0.332 e. The molecule has 130 valence electrons. The monoisotopic (exact) mass is 335 g/mol. The first-order valence-corrected chi connectivity index (χ1v) is 9.11. The molecule has 3 heteroatoms. The minimum absolute atomic E-state index is 0.200. The molecule has 0 bridgehead atoms. The summed E-state index contributed by atoms with van der Waals surface area (Å²) in [5.74, 6) is -0.744. The highest BCUT2D eigenvalue weighted by Crippen LogP contribution is 2.24. The zero-order valence-corrected chi connectivity index (χ0v) is 14.8. The van der Waals surface area contributed by atoms with Crippen molar-refractivity contribution in [1.82, 2.24) is 4.90 Å². The number of Topliss-reactive ketones (excluding diaryl/α,β-unsaturated/α-hetero) is 1. The lowest BCUT2D eigenvalue weighted by molar-refractivity contribution is -0.128. The van der Waals surface area contributed by atoms with Gasteiger partial charge in [0.1, 0.15) is 0 Å². The highest BCUT2D eigenvalue weighted by molar-refractivity contribution is 6.42. The number of hydrogen-bond donors (Lipinski definition) is 0. The van der Waals surface area contributed by atoms with E-state index >= 15 is 0 Å². The Balaban J connectivity index is 1.74. The van der Waals surface area contributed by atoms with E-state index in [1.165, 1.54) is 5.56 Å². The Morgan fingerprint density at radius 3 is 2.24 bits per heavy atom. The minimum atomic E-state index is -0.389. The molecule has 3 nitrogen and oxygen atoms in total. The van der Waals surface area contributed by atoms with Crippen LogP contribution in [0.5, 0.6) is 0 Å². The SMILES string of the molecule is Cc1ccc(C(=O)C(=O)N(CCc2ccccc2)C2CCCC2)cc1. The second-order valence-electron chi connectivity index (χ2n) is 6.87. The van der Waals surface area contributed by atoms with Crippen LogP contribution in [0.4, 0.5) is 0 Å². The van der Waals surface area contributed by atoms with Gasteiger partial charge in [0.2, 0.25) is 5.78 Å². The molecule has 0 radical (unpaired) electrons. The van der Waals surface area contributed by atoms with E-state index in [9.17, 15) is 9.59 Å². The fourth-order valence-corrected chi connectivity index (χ4v) is 3.52. The van der Waals surface area contributed by atoms with Crippen LogP contribution in [-0.4, -0.2) is 29.2 Å². The summed E-state index contributed by atoms with van der Waals surface area (Å²) in [5, 5.41) is 0. The van der Waals surface area contributed by atoms with Crippen LogP contribution < -0.4 is 0 Å². The summed E-state index contributed by atoms with van der Waals surface area (Å²) in [6.45, 7) is 2.58. The Morgan fingerprint density at radius 1 is 0.960 bits per heavy atom. The predicted molar refractivity (Wildman–Crippen MR) is 99.6 cm³/mol. The van der Waals surface area contributed by atoms with Crippen molar-refractivity contribution >= 4 is 11.7 Å². The maximum absolute atomic E-state index is 12.9. The van der Waals surface area contributed by atoms with Crippen LogP contribution in [0.3, 0.4) is 0 Å². The molecule has 25 heavy (non-hydrogen) atoms. The van der Waals surface area contributed by atoms with Crippen molar-refractivity contribution in [3.05, 3.63) is 71.3 Å². The molecular weight excluding hydrogens is 310 g/mol. The number of carbonyl (C=O) groups excluding carboxylic acids is 2. The normalized spacial score (nSPS) is 14.4. The predicted octanol–water partition coefficient (Wildman–Crippen LogP) is 4.19. The standard InChI is InChI=1S/C22H25NO2/c1-17-11-13-19(14-12-17)21(24)22(25)23(20-9-5-6-10-20)16-15-18-7-3-2-4-8-18/h2-4,7-8,11-14,20H,5-6,9-10,15-16H2,1H3. The van der Waals surface area contributed by atoms with E-state index in [4.69, 9.17) is 0 Å². The van der Waals surface area contributed by atoms with E-state index in [0.29, 0.717) is 12.1 Å². The van der Waals surface area contributed by atoms with Crippen LogP contribution in [0.2, 0.25) is 0 Å². The topological polar surface area (TPSA) is 37.4 Å². The van der Waals surface area contributed by atoms with Gasteiger partial charge >= 0.3 is 0 Å². The van der Waals surface area contributed by atoms with Crippen LogP contribution in [0.15, 0.2) is 54.6 Å². The quantitative estimate of drug-likeness (QED) is 0.586. The zero-order valence-electron chi connectivity index (χ0n) is 14.8. The van der Waals surface area contributed by atoms with Gasteiger partial charge in [0.05, 0.1) is 0 Å². The third-order valence-corrected chi connectivity index (χ3v) is 5.02. The van der Waals surface area contributed by atoms with Gasteiger partial charge in [0.15, 0.2) is 0 Å². The first kappa shape index (κ1) is 17.4. The van der Waals surface area contributed by atoms with Gasteiger partial charge < -0.3 is 4.90 Å². The molecule has 0 aromatic heterocycles. The number of aryl methyl sites for hydroxylation is 1. The molecule has 0 atom stereocenters. The number of ketones is 1. The number of rotatable bonds is 6.